The van der Waals surface area contributed by atoms with Gasteiger partial charge in [0.2, 0.25) is 0 Å². The summed E-state index contributed by atoms with van der Waals surface area (Å²) in [6.45, 7) is 1.67. The van der Waals surface area contributed by atoms with Crippen LogP contribution < -0.4 is 4.74 Å². The number of carbonyl (C=O) groups is 1. The highest BCUT2D eigenvalue weighted by molar-refractivity contribution is 6.42. The van der Waals surface area contributed by atoms with E-state index < -0.39 is 6.29 Å². The summed E-state index contributed by atoms with van der Waals surface area (Å²) < 4.78 is 10.3. The van der Waals surface area contributed by atoms with Gasteiger partial charge in [0, 0.05) is 17.7 Å². The maximum atomic E-state index is 11.1. The lowest BCUT2D eigenvalue weighted by molar-refractivity contribution is -0.148. The summed E-state index contributed by atoms with van der Waals surface area (Å²) in [7, 11) is 0. The fourth-order valence-corrected chi connectivity index (χ4v) is 1.54. The number of halogens is 2. The van der Waals surface area contributed by atoms with Crippen LogP contribution in [0.25, 0.3) is 0 Å². The van der Waals surface area contributed by atoms with E-state index in [0.29, 0.717) is 21.4 Å². The molecule has 1 aromatic carbocycles. The molecule has 0 N–H and O–H groups in total. The Kier molecular flexibility index (Phi) is 3.08. The summed E-state index contributed by atoms with van der Waals surface area (Å²) >= 11 is 11.6. The fraction of sp³-hybridized carbons (Fsp3) is 0.182. The largest absolute Gasteiger partial charge is 0.451 e. The molecule has 1 unspecified atom stereocenters. The van der Waals surface area contributed by atoms with Crippen molar-refractivity contribution in [1.29, 1.82) is 0 Å². The first-order chi connectivity index (χ1) is 7.56. The van der Waals surface area contributed by atoms with Crippen molar-refractivity contribution >= 4 is 29.2 Å². The molecule has 1 atom stereocenters. The third-order valence-electron chi connectivity index (χ3n) is 2.07. The van der Waals surface area contributed by atoms with Gasteiger partial charge in [-0.2, -0.15) is 0 Å². The first kappa shape index (κ1) is 11.3. The van der Waals surface area contributed by atoms with E-state index in [0.717, 1.165) is 0 Å². The van der Waals surface area contributed by atoms with E-state index in [9.17, 15) is 4.79 Å². The monoisotopic (exact) mass is 258 g/mol. The highest BCUT2D eigenvalue weighted by Crippen LogP contribution is 2.28. The van der Waals surface area contributed by atoms with Gasteiger partial charge in [0.15, 0.2) is 0 Å². The van der Waals surface area contributed by atoms with Crippen LogP contribution >= 0.6 is 23.2 Å². The topological polar surface area (TPSA) is 35.5 Å². The Bertz CT molecular complexity index is 468. The molecule has 0 spiro atoms. The molecule has 0 radical (unpaired) electrons. The van der Waals surface area contributed by atoms with E-state index in [1.807, 2.05) is 0 Å². The van der Waals surface area contributed by atoms with Crippen LogP contribution in [0.5, 0.6) is 5.75 Å². The van der Waals surface area contributed by atoms with Gasteiger partial charge in [-0.3, -0.25) is 0 Å². The SMILES string of the molecule is CC1=CC(Oc2ccc(Cl)c(Cl)c2)OC1=O. The molecular formula is C11H8Cl2O3. The minimum absolute atomic E-state index is 0.370. The molecule has 2 rings (SSSR count). The Hall–Kier alpha value is -1.19. The number of rotatable bonds is 2. The Balaban J connectivity index is 2.11. The Morgan fingerprint density at radius 1 is 1.31 bits per heavy atom. The normalized spacial score (nSPS) is 19.3. The number of benzene rings is 1. The summed E-state index contributed by atoms with van der Waals surface area (Å²) in [5.74, 6) is 0.128. The molecule has 0 aromatic heterocycles. The van der Waals surface area contributed by atoms with Crippen molar-refractivity contribution in [3.05, 3.63) is 39.9 Å². The van der Waals surface area contributed by atoms with Crippen LogP contribution in [0.15, 0.2) is 29.8 Å². The summed E-state index contributed by atoms with van der Waals surface area (Å²) in [5, 5.41) is 0.841. The number of hydrogen-bond acceptors (Lipinski definition) is 3. The number of cyclic esters (lactones) is 1. The molecule has 3 nitrogen and oxygen atoms in total. The van der Waals surface area contributed by atoms with Crippen LogP contribution in [0.4, 0.5) is 0 Å². The predicted molar refractivity (Wildman–Crippen MR) is 60.7 cm³/mol. The summed E-state index contributed by atoms with van der Waals surface area (Å²) in [4.78, 5) is 11.1. The van der Waals surface area contributed by atoms with Crippen LogP contribution in [-0.4, -0.2) is 12.3 Å². The molecular weight excluding hydrogens is 251 g/mol. The Morgan fingerprint density at radius 3 is 2.62 bits per heavy atom. The molecule has 0 amide bonds. The van der Waals surface area contributed by atoms with Gasteiger partial charge in [0.05, 0.1) is 10.0 Å². The molecule has 84 valence electrons. The summed E-state index contributed by atoms with van der Waals surface area (Å²) in [5.41, 5.74) is 0.532. The van der Waals surface area contributed by atoms with E-state index in [-0.39, 0.29) is 5.97 Å². The maximum Gasteiger partial charge on any atom is 0.336 e. The number of hydrogen-bond donors (Lipinski definition) is 0. The lowest BCUT2D eigenvalue weighted by Crippen LogP contribution is -2.15. The molecule has 0 aliphatic carbocycles. The molecule has 0 saturated carbocycles. The van der Waals surface area contributed by atoms with Crippen LogP contribution in [-0.2, 0) is 9.53 Å². The molecule has 5 heteroatoms. The average molecular weight is 259 g/mol. The number of esters is 1. The average Bonchev–Trinajstić information content (AvgIpc) is 2.52. The van der Waals surface area contributed by atoms with Gasteiger partial charge < -0.3 is 9.47 Å². The highest BCUT2D eigenvalue weighted by Gasteiger charge is 2.23. The van der Waals surface area contributed by atoms with E-state index in [1.54, 1.807) is 31.2 Å². The van der Waals surface area contributed by atoms with E-state index in [2.05, 4.69) is 0 Å². The van der Waals surface area contributed by atoms with Crippen molar-refractivity contribution in [2.24, 2.45) is 0 Å². The zero-order valence-corrected chi connectivity index (χ0v) is 9.88. The quantitative estimate of drug-likeness (QED) is 0.765. The van der Waals surface area contributed by atoms with Crippen LogP contribution in [0.1, 0.15) is 6.92 Å². The van der Waals surface area contributed by atoms with Crippen LogP contribution in [0.3, 0.4) is 0 Å². The van der Waals surface area contributed by atoms with Gasteiger partial charge in [-0.05, 0) is 19.1 Å². The van der Waals surface area contributed by atoms with Crippen molar-refractivity contribution in [3.63, 3.8) is 0 Å². The molecule has 1 aliphatic rings. The standard InChI is InChI=1S/C11H8Cl2O3/c1-6-4-10(16-11(6)14)15-7-2-3-8(12)9(13)5-7/h2-5,10H,1H3. The van der Waals surface area contributed by atoms with Gasteiger partial charge in [-0.1, -0.05) is 23.2 Å². The number of carbonyl (C=O) groups excluding carboxylic acids is 1. The van der Waals surface area contributed by atoms with Gasteiger partial charge in [-0.15, -0.1) is 0 Å². The second kappa shape index (κ2) is 4.36. The summed E-state index contributed by atoms with van der Waals surface area (Å²) in [6, 6.07) is 4.84. The third kappa shape index (κ3) is 2.31. The zero-order valence-electron chi connectivity index (χ0n) is 8.37. The maximum absolute atomic E-state index is 11.1. The van der Waals surface area contributed by atoms with Crippen LogP contribution in [0.2, 0.25) is 10.0 Å². The van der Waals surface area contributed by atoms with Gasteiger partial charge in [0.25, 0.3) is 6.29 Å². The molecule has 0 saturated heterocycles. The summed E-state index contributed by atoms with van der Waals surface area (Å²) in [6.07, 6.45) is 0.912. The molecule has 1 aromatic rings. The van der Waals surface area contributed by atoms with Crippen LogP contribution in [0, 0.1) is 0 Å². The van der Waals surface area contributed by atoms with Gasteiger partial charge >= 0.3 is 5.97 Å². The minimum Gasteiger partial charge on any atom is -0.451 e. The van der Waals surface area contributed by atoms with Crippen molar-refractivity contribution in [3.8, 4) is 5.75 Å². The van der Waals surface area contributed by atoms with Gasteiger partial charge in [0.1, 0.15) is 5.75 Å². The smallest absolute Gasteiger partial charge is 0.336 e. The molecule has 16 heavy (non-hydrogen) atoms. The molecule has 1 heterocycles. The molecule has 1 aliphatic heterocycles. The van der Waals surface area contributed by atoms with Crippen molar-refractivity contribution in [2.45, 2.75) is 13.2 Å². The molecule has 0 fully saturated rings. The first-order valence-corrected chi connectivity index (χ1v) is 5.33. The third-order valence-corrected chi connectivity index (χ3v) is 2.81. The fourth-order valence-electron chi connectivity index (χ4n) is 1.25. The second-order valence-electron chi connectivity index (χ2n) is 3.32. The highest BCUT2D eigenvalue weighted by atomic mass is 35.5. The minimum atomic E-state index is -0.690. The van der Waals surface area contributed by atoms with E-state index in [4.69, 9.17) is 32.7 Å². The zero-order chi connectivity index (χ0) is 11.7. The van der Waals surface area contributed by atoms with E-state index >= 15 is 0 Å². The lowest BCUT2D eigenvalue weighted by atomic mass is 10.3. The molecule has 0 bridgehead atoms. The van der Waals surface area contributed by atoms with Crippen molar-refractivity contribution < 1.29 is 14.3 Å². The van der Waals surface area contributed by atoms with Crippen molar-refractivity contribution in [1.82, 2.24) is 0 Å². The Labute approximate surface area is 103 Å². The van der Waals surface area contributed by atoms with Crippen molar-refractivity contribution in [2.75, 3.05) is 0 Å². The lowest BCUT2D eigenvalue weighted by Gasteiger charge is -2.11. The Morgan fingerprint density at radius 2 is 2.06 bits per heavy atom. The first-order valence-electron chi connectivity index (χ1n) is 4.57. The predicted octanol–water partition coefficient (Wildman–Crippen LogP) is 3.20. The number of ether oxygens (including phenoxy) is 2. The second-order valence-corrected chi connectivity index (χ2v) is 4.13. The van der Waals surface area contributed by atoms with E-state index in [1.165, 1.54) is 0 Å². The van der Waals surface area contributed by atoms with Gasteiger partial charge in [-0.25, -0.2) is 4.79 Å².